The van der Waals surface area contributed by atoms with Gasteiger partial charge in [0.2, 0.25) is 0 Å². The maximum absolute atomic E-state index is 4.23. The molecule has 0 radical (unpaired) electrons. The molecule has 3 nitrogen and oxygen atoms in total. The van der Waals surface area contributed by atoms with Gasteiger partial charge in [-0.1, -0.05) is 25.0 Å². The first-order chi connectivity index (χ1) is 9.81. The van der Waals surface area contributed by atoms with Gasteiger partial charge < -0.3 is 10.3 Å². The van der Waals surface area contributed by atoms with Crippen LogP contribution in [0, 0.1) is 6.92 Å². The number of aryl methyl sites for hydroxylation is 1. The third-order valence-electron chi connectivity index (χ3n) is 3.71. The van der Waals surface area contributed by atoms with Crippen molar-refractivity contribution < 1.29 is 0 Å². The molecule has 1 aromatic carbocycles. The monoisotopic (exact) mass is 287 g/mol. The Morgan fingerprint density at radius 2 is 2.10 bits per heavy atom. The molecule has 3 rings (SSSR count). The van der Waals surface area contributed by atoms with E-state index in [2.05, 4.69) is 39.6 Å². The highest BCUT2D eigenvalue weighted by molar-refractivity contribution is 8.00. The Morgan fingerprint density at radius 1 is 1.30 bits per heavy atom. The highest BCUT2D eigenvalue weighted by atomic mass is 32.2. The minimum atomic E-state index is 0.795. The number of hydrogen-bond donors (Lipinski definition) is 2. The molecule has 0 atom stereocenters. The van der Waals surface area contributed by atoms with E-state index in [0.29, 0.717) is 0 Å². The van der Waals surface area contributed by atoms with Gasteiger partial charge >= 0.3 is 0 Å². The number of nitrogens with zero attached hydrogens (tertiary/aromatic N) is 1. The second-order valence-electron chi connectivity index (χ2n) is 5.37. The van der Waals surface area contributed by atoms with Crippen molar-refractivity contribution >= 4 is 17.4 Å². The number of rotatable bonds is 5. The molecule has 0 spiro atoms. The highest BCUT2D eigenvalue weighted by Gasteiger charge is 2.17. The summed E-state index contributed by atoms with van der Waals surface area (Å²) < 4.78 is 0. The third kappa shape index (κ3) is 3.37. The van der Waals surface area contributed by atoms with Crippen LogP contribution in [0.2, 0.25) is 0 Å². The number of aromatic nitrogens is 2. The van der Waals surface area contributed by atoms with Gasteiger partial charge in [-0.05, 0) is 31.9 Å². The highest BCUT2D eigenvalue weighted by Crippen LogP contribution is 2.38. The summed E-state index contributed by atoms with van der Waals surface area (Å²) in [6.07, 6.45) is 7.40. The lowest BCUT2D eigenvalue weighted by Gasteiger charge is -2.14. The molecule has 0 amide bonds. The zero-order valence-electron chi connectivity index (χ0n) is 11.9. The number of benzene rings is 1. The van der Waals surface area contributed by atoms with Gasteiger partial charge in [0.25, 0.3) is 0 Å². The molecule has 20 heavy (non-hydrogen) atoms. The molecule has 0 aliphatic heterocycles. The summed E-state index contributed by atoms with van der Waals surface area (Å²) in [7, 11) is 0. The SMILES string of the molecule is Cc1ncc(CNc2ccccc2SC2CCCC2)[nH]1. The van der Waals surface area contributed by atoms with Gasteiger partial charge in [0.05, 0.1) is 18.4 Å². The Labute approximate surface area is 124 Å². The zero-order chi connectivity index (χ0) is 13.8. The van der Waals surface area contributed by atoms with Crippen molar-refractivity contribution in [2.24, 2.45) is 0 Å². The van der Waals surface area contributed by atoms with E-state index in [0.717, 1.165) is 23.3 Å². The standard InChI is InChI=1S/C16H21N3S/c1-12-17-10-13(19-12)11-18-15-8-4-5-9-16(15)20-14-6-2-3-7-14/h4-5,8-10,14,18H,2-3,6-7,11H2,1H3,(H,17,19). The molecule has 1 aromatic heterocycles. The van der Waals surface area contributed by atoms with E-state index in [1.54, 1.807) is 0 Å². The second kappa shape index (κ2) is 6.35. The van der Waals surface area contributed by atoms with Crippen molar-refractivity contribution in [2.75, 3.05) is 5.32 Å². The van der Waals surface area contributed by atoms with Gasteiger partial charge in [0, 0.05) is 15.8 Å². The molecule has 0 saturated heterocycles. The molecular formula is C16H21N3S. The molecule has 1 aliphatic carbocycles. The van der Waals surface area contributed by atoms with E-state index < -0.39 is 0 Å². The summed E-state index contributed by atoms with van der Waals surface area (Å²) in [5.74, 6) is 0.968. The summed E-state index contributed by atoms with van der Waals surface area (Å²) >= 11 is 2.03. The second-order valence-corrected chi connectivity index (χ2v) is 6.71. The molecule has 1 fully saturated rings. The maximum Gasteiger partial charge on any atom is 0.103 e. The van der Waals surface area contributed by atoms with Crippen LogP contribution in [0.3, 0.4) is 0 Å². The predicted octanol–water partition coefficient (Wildman–Crippen LogP) is 4.36. The lowest BCUT2D eigenvalue weighted by Crippen LogP contribution is -2.02. The number of thioether (sulfide) groups is 1. The summed E-state index contributed by atoms with van der Waals surface area (Å²) in [5, 5.41) is 4.32. The zero-order valence-corrected chi connectivity index (χ0v) is 12.7. The van der Waals surface area contributed by atoms with Gasteiger partial charge in [0.15, 0.2) is 0 Å². The van der Waals surface area contributed by atoms with E-state index in [1.165, 1.54) is 36.3 Å². The third-order valence-corrected chi connectivity index (χ3v) is 5.12. The first-order valence-electron chi connectivity index (χ1n) is 7.31. The first kappa shape index (κ1) is 13.6. The van der Waals surface area contributed by atoms with Crippen molar-refractivity contribution in [3.8, 4) is 0 Å². The van der Waals surface area contributed by atoms with E-state index >= 15 is 0 Å². The molecule has 0 unspecified atom stereocenters. The van der Waals surface area contributed by atoms with E-state index in [1.807, 2.05) is 24.9 Å². The lowest BCUT2D eigenvalue weighted by atomic mass is 10.3. The van der Waals surface area contributed by atoms with Crippen LogP contribution in [-0.4, -0.2) is 15.2 Å². The maximum atomic E-state index is 4.23. The van der Waals surface area contributed by atoms with Gasteiger partial charge in [-0.3, -0.25) is 0 Å². The number of H-pyrrole nitrogens is 1. The fourth-order valence-corrected chi connectivity index (χ4v) is 4.01. The molecule has 2 aromatic rings. The predicted molar refractivity (Wildman–Crippen MR) is 85.2 cm³/mol. The largest absolute Gasteiger partial charge is 0.379 e. The average Bonchev–Trinajstić information content (AvgIpc) is 3.10. The van der Waals surface area contributed by atoms with Crippen LogP contribution < -0.4 is 5.32 Å². The Hall–Kier alpha value is -1.42. The Morgan fingerprint density at radius 3 is 2.85 bits per heavy atom. The summed E-state index contributed by atoms with van der Waals surface area (Å²) in [4.78, 5) is 8.86. The van der Waals surface area contributed by atoms with Crippen molar-refractivity contribution in [1.82, 2.24) is 9.97 Å². The Kier molecular flexibility index (Phi) is 4.31. The van der Waals surface area contributed by atoms with E-state index in [-0.39, 0.29) is 0 Å². The van der Waals surface area contributed by atoms with Crippen LogP contribution in [0.1, 0.15) is 37.2 Å². The van der Waals surface area contributed by atoms with Crippen LogP contribution in [0.15, 0.2) is 35.4 Å². The van der Waals surface area contributed by atoms with Crippen LogP contribution >= 0.6 is 11.8 Å². The molecule has 1 saturated carbocycles. The average molecular weight is 287 g/mol. The number of hydrogen-bond acceptors (Lipinski definition) is 3. The molecule has 2 N–H and O–H groups in total. The molecule has 1 heterocycles. The molecule has 4 heteroatoms. The molecule has 106 valence electrons. The minimum absolute atomic E-state index is 0.795. The number of nitrogens with one attached hydrogen (secondary N) is 2. The van der Waals surface area contributed by atoms with Crippen LogP contribution in [0.25, 0.3) is 0 Å². The fraction of sp³-hybridized carbons (Fsp3) is 0.438. The van der Waals surface area contributed by atoms with Gasteiger partial charge in [-0.15, -0.1) is 11.8 Å². The number of imidazole rings is 1. The van der Waals surface area contributed by atoms with E-state index in [4.69, 9.17) is 0 Å². The van der Waals surface area contributed by atoms with Crippen LogP contribution in [0.5, 0.6) is 0 Å². The summed E-state index contributed by atoms with van der Waals surface area (Å²) in [6.45, 7) is 2.77. The molecular weight excluding hydrogens is 266 g/mol. The van der Waals surface area contributed by atoms with Crippen molar-refractivity contribution in [1.29, 1.82) is 0 Å². The first-order valence-corrected chi connectivity index (χ1v) is 8.19. The summed E-state index contributed by atoms with van der Waals surface area (Å²) in [6, 6.07) is 8.62. The number of aromatic amines is 1. The Balaban J connectivity index is 1.65. The smallest absolute Gasteiger partial charge is 0.103 e. The summed E-state index contributed by atoms with van der Waals surface area (Å²) in [5.41, 5.74) is 2.36. The van der Waals surface area contributed by atoms with Gasteiger partial charge in [-0.25, -0.2) is 4.98 Å². The molecule has 0 bridgehead atoms. The topological polar surface area (TPSA) is 40.7 Å². The van der Waals surface area contributed by atoms with Gasteiger partial charge in [-0.2, -0.15) is 0 Å². The van der Waals surface area contributed by atoms with Crippen molar-refractivity contribution in [3.63, 3.8) is 0 Å². The quantitative estimate of drug-likeness (QED) is 0.858. The lowest BCUT2D eigenvalue weighted by molar-refractivity contribution is 0.886. The van der Waals surface area contributed by atoms with Crippen molar-refractivity contribution in [3.05, 3.63) is 42.0 Å². The van der Waals surface area contributed by atoms with Crippen LogP contribution in [0.4, 0.5) is 5.69 Å². The number of anilines is 1. The van der Waals surface area contributed by atoms with Gasteiger partial charge in [0.1, 0.15) is 5.82 Å². The van der Waals surface area contributed by atoms with Crippen LogP contribution in [-0.2, 0) is 6.54 Å². The normalized spacial score (nSPS) is 15.7. The fourth-order valence-electron chi connectivity index (χ4n) is 2.65. The Bertz CT molecular complexity index is 558. The minimum Gasteiger partial charge on any atom is -0.379 e. The number of para-hydroxylation sites is 1. The van der Waals surface area contributed by atoms with Crippen molar-refractivity contribution in [2.45, 2.75) is 49.3 Å². The van der Waals surface area contributed by atoms with E-state index in [9.17, 15) is 0 Å². The molecule has 1 aliphatic rings.